The largest absolute Gasteiger partial charge is 0.364 e. The Morgan fingerprint density at radius 1 is 1.15 bits per heavy atom. The second kappa shape index (κ2) is 6.49. The maximum atomic E-state index is 12.5. The molecule has 4 rings (SSSR count). The fourth-order valence-corrected chi connectivity index (χ4v) is 5.16. The third kappa shape index (κ3) is 2.48. The number of halogens is 1. The predicted octanol–water partition coefficient (Wildman–Crippen LogP) is 1.89. The molecule has 6 heteroatoms. The fourth-order valence-electron chi connectivity index (χ4n) is 4.59. The summed E-state index contributed by atoms with van der Waals surface area (Å²) in [6, 6.07) is 18.7. The van der Waals surface area contributed by atoms with E-state index in [4.69, 9.17) is 5.73 Å². The van der Waals surface area contributed by atoms with Crippen molar-refractivity contribution in [1.29, 1.82) is 10.5 Å². The summed E-state index contributed by atoms with van der Waals surface area (Å²) in [4.78, 5) is 13.3. The molecule has 1 fully saturated rings. The van der Waals surface area contributed by atoms with E-state index in [2.05, 4.69) is 34.7 Å². The topological polar surface area (TPSA) is 95.1 Å². The lowest BCUT2D eigenvalue weighted by Gasteiger charge is -2.29. The molecule has 5 nitrogen and oxygen atoms in total. The molecule has 2 aliphatic heterocycles. The van der Waals surface area contributed by atoms with Gasteiger partial charge < -0.3 is 5.73 Å². The van der Waals surface area contributed by atoms with Crippen LogP contribution in [-0.2, 0) is 4.79 Å². The Balaban J connectivity index is 2.02. The van der Waals surface area contributed by atoms with Gasteiger partial charge in [0, 0.05) is 9.13 Å². The van der Waals surface area contributed by atoms with E-state index in [1.165, 1.54) is 0 Å². The number of quaternary nitrogens is 1. The third-order valence-corrected chi connectivity index (χ3v) is 6.29. The molecule has 4 atom stereocenters. The van der Waals surface area contributed by atoms with Crippen LogP contribution < -0.4 is 10.6 Å². The van der Waals surface area contributed by atoms with Gasteiger partial charge >= 0.3 is 0 Å². The van der Waals surface area contributed by atoms with E-state index < -0.39 is 29.3 Å². The van der Waals surface area contributed by atoms with Crippen molar-refractivity contribution >= 4 is 34.6 Å². The number of amides is 1. The average Bonchev–Trinajstić information content (AvgIpc) is 2.99. The first-order chi connectivity index (χ1) is 13.0. The van der Waals surface area contributed by atoms with Crippen LogP contribution in [0.3, 0.4) is 0 Å². The number of nitriles is 2. The van der Waals surface area contributed by atoms with Crippen molar-refractivity contribution in [2.45, 2.75) is 18.0 Å². The maximum absolute atomic E-state index is 12.5. The van der Waals surface area contributed by atoms with Crippen LogP contribution in [0.5, 0.6) is 0 Å². The molecule has 2 aromatic rings. The van der Waals surface area contributed by atoms with Crippen LogP contribution in [0.25, 0.3) is 6.08 Å². The number of fused-ring (bicyclic) bond motifs is 3. The number of benzene rings is 2. The van der Waals surface area contributed by atoms with Crippen LogP contribution in [0, 0.1) is 31.6 Å². The Labute approximate surface area is 170 Å². The SMILES string of the molecule is N#CC1(C#N)[C@@H]2c3ccccc3C=C[NH+]2[C@@H](C(N)=O)[C@@H]1c1cccc(I)c1. The molecule has 1 unspecified atom stereocenters. The van der Waals surface area contributed by atoms with Gasteiger partial charge in [-0.15, -0.1) is 0 Å². The van der Waals surface area contributed by atoms with Crippen LogP contribution >= 0.6 is 22.6 Å². The van der Waals surface area contributed by atoms with Gasteiger partial charge in [0.25, 0.3) is 5.91 Å². The van der Waals surface area contributed by atoms with Gasteiger partial charge in [0.2, 0.25) is 5.41 Å². The van der Waals surface area contributed by atoms with Crippen molar-refractivity contribution < 1.29 is 9.69 Å². The Morgan fingerprint density at radius 3 is 2.56 bits per heavy atom. The van der Waals surface area contributed by atoms with Crippen LogP contribution in [0.15, 0.2) is 54.7 Å². The van der Waals surface area contributed by atoms with Gasteiger partial charge in [-0.05, 0) is 51.9 Å². The third-order valence-electron chi connectivity index (χ3n) is 5.62. The standard InChI is InChI=1S/C21H15IN4O/c22-15-6-3-5-14(10-15)17-18(20(25)27)26-9-8-13-4-1-2-7-16(13)19(26)21(17,11-23)12-24/h1-10,17-19H,(H2,25,27)/p+1/t17-,18+,19-/m0/s1. The smallest absolute Gasteiger partial charge is 0.276 e. The molecule has 132 valence electrons. The Kier molecular flexibility index (Phi) is 4.26. The van der Waals surface area contributed by atoms with Crippen molar-refractivity contribution in [3.8, 4) is 12.1 Å². The van der Waals surface area contributed by atoms with Crippen molar-refractivity contribution in [2.24, 2.45) is 11.1 Å². The second-order valence-corrected chi connectivity index (χ2v) is 8.15. The lowest BCUT2D eigenvalue weighted by atomic mass is 9.68. The Morgan fingerprint density at radius 2 is 1.89 bits per heavy atom. The highest BCUT2D eigenvalue weighted by Crippen LogP contribution is 2.51. The van der Waals surface area contributed by atoms with Gasteiger partial charge in [-0.3, -0.25) is 9.69 Å². The minimum atomic E-state index is -1.40. The molecule has 0 radical (unpaired) electrons. The molecule has 2 aliphatic rings. The second-order valence-electron chi connectivity index (χ2n) is 6.90. The molecule has 0 spiro atoms. The molecular weight excluding hydrogens is 451 g/mol. The van der Waals surface area contributed by atoms with E-state index in [0.717, 1.165) is 25.2 Å². The first-order valence-corrected chi connectivity index (χ1v) is 9.62. The highest BCUT2D eigenvalue weighted by atomic mass is 127. The molecule has 27 heavy (non-hydrogen) atoms. The van der Waals surface area contributed by atoms with Crippen molar-refractivity contribution in [3.63, 3.8) is 0 Å². The number of nitrogens with zero attached hydrogens (tertiary/aromatic N) is 2. The van der Waals surface area contributed by atoms with Gasteiger partial charge in [-0.25, -0.2) is 0 Å². The van der Waals surface area contributed by atoms with Gasteiger partial charge in [-0.2, -0.15) is 10.5 Å². The monoisotopic (exact) mass is 467 g/mol. The van der Waals surface area contributed by atoms with Crippen LogP contribution in [-0.4, -0.2) is 11.9 Å². The summed E-state index contributed by atoms with van der Waals surface area (Å²) in [6.45, 7) is 0. The molecule has 0 aromatic heterocycles. The normalized spacial score (nSPS) is 27.1. The Bertz CT molecular complexity index is 1030. The molecule has 3 N–H and O–H groups in total. The zero-order chi connectivity index (χ0) is 19.2. The minimum absolute atomic E-state index is 0.478. The number of hydrogen-bond acceptors (Lipinski definition) is 3. The van der Waals surface area contributed by atoms with E-state index in [9.17, 15) is 15.3 Å². The molecular formula is C21H16IN4O+. The molecule has 0 aliphatic carbocycles. The van der Waals surface area contributed by atoms with E-state index in [1.807, 2.05) is 60.8 Å². The van der Waals surface area contributed by atoms with Crippen molar-refractivity contribution in [2.75, 3.05) is 0 Å². The van der Waals surface area contributed by atoms with Crippen LogP contribution in [0.4, 0.5) is 0 Å². The van der Waals surface area contributed by atoms with E-state index in [-0.39, 0.29) is 0 Å². The fraction of sp³-hybridized carbons (Fsp3) is 0.190. The first kappa shape index (κ1) is 17.7. The zero-order valence-electron chi connectivity index (χ0n) is 14.3. The number of hydrogen-bond donors (Lipinski definition) is 2. The van der Waals surface area contributed by atoms with Gasteiger partial charge in [0.1, 0.15) is 0 Å². The summed E-state index contributed by atoms with van der Waals surface area (Å²) in [5.74, 6) is -1.12. The molecule has 2 heterocycles. The summed E-state index contributed by atoms with van der Waals surface area (Å²) >= 11 is 2.19. The predicted molar refractivity (Wildman–Crippen MR) is 108 cm³/mol. The van der Waals surface area contributed by atoms with E-state index in [1.54, 1.807) is 0 Å². The van der Waals surface area contributed by atoms with Crippen LogP contribution in [0.1, 0.15) is 28.7 Å². The van der Waals surface area contributed by atoms with Crippen molar-refractivity contribution in [1.82, 2.24) is 0 Å². The van der Waals surface area contributed by atoms with Crippen LogP contribution in [0.2, 0.25) is 0 Å². The maximum Gasteiger partial charge on any atom is 0.276 e. The average molecular weight is 467 g/mol. The summed E-state index contributed by atoms with van der Waals surface area (Å²) < 4.78 is 0.980. The highest BCUT2D eigenvalue weighted by molar-refractivity contribution is 14.1. The molecule has 0 saturated carbocycles. The van der Waals surface area contributed by atoms with Crippen molar-refractivity contribution in [3.05, 3.63) is 75.0 Å². The number of carbonyl (C=O) groups is 1. The number of carbonyl (C=O) groups excluding carboxylic acids is 1. The van der Waals surface area contributed by atoms with Gasteiger partial charge in [0.05, 0.1) is 24.3 Å². The number of nitrogens with two attached hydrogens (primary N) is 1. The van der Waals surface area contributed by atoms with Gasteiger partial charge in [0.15, 0.2) is 12.1 Å². The van der Waals surface area contributed by atoms with E-state index >= 15 is 0 Å². The molecule has 1 amide bonds. The number of primary amides is 1. The summed E-state index contributed by atoms with van der Waals surface area (Å²) in [5.41, 5.74) is 7.06. The van der Waals surface area contributed by atoms with Gasteiger partial charge in [-0.1, -0.05) is 36.4 Å². The number of nitrogens with one attached hydrogen (secondary N) is 1. The summed E-state index contributed by atoms with van der Waals surface area (Å²) in [7, 11) is 0. The molecule has 1 saturated heterocycles. The lowest BCUT2D eigenvalue weighted by Crippen LogP contribution is -3.12. The lowest BCUT2D eigenvalue weighted by molar-refractivity contribution is -0.885. The summed E-state index contributed by atoms with van der Waals surface area (Å²) in [6.07, 6.45) is 3.81. The zero-order valence-corrected chi connectivity index (χ0v) is 16.4. The van der Waals surface area contributed by atoms with E-state index in [0.29, 0.717) is 0 Å². The molecule has 2 aromatic carbocycles. The number of rotatable bonds is 2. The quantitative estimate of drug-likeness (QED) is 0.661. The Hall–Kier alpha value is -2.68. The first-order valence-electron chi connectivity index (χ1n) is 8.54. The minimum Gasteiger partial charge on any atom is -0.364 e. The summed E-state index contributed by atoms with van der Waals surface area (Å²) in [5, 5.41) is 20.4. The highest BCUT2D eigenvalue weighted by Gasteiger charge is 2.67. The molecule has 0 bridgehead atoms.